The molecule has 164 valence electrons. The molecule has 0 atom stereocenters. The first-order valence-electron chi connectivity index (χ1n) is 9.96. The molecule has 0 radical (unpaired) electrons. The number of carbonyl (C=O) groups excluding carboxylic acids is 1. The van der Waals surface area contributed by atoms with Crippen molar-refractivity contribution in [3.8, 4) is 0 Å². The Morgan fingerprint density at radius 3 is 2.53 bits per heavy atom. The lowest BCUT2D eigenvalue weighted by Crippen LogP contribution is -2.39. The molecule has 0 unspecified atom stereocenters. The smallest absolute Gasteiger partial charge is 0.331 e. The molecule has 8 nitrogen and oxygen atoms in total. The minimum Gasteiger partial charge on any atom is -0.348 e. The highest BCUT2D eigenvalue weighted by atomic mass is 35.5. The summed E-state index contributed by atoms with van der Waals surface area (Å²) in [5.41, 5.74) is 4.63. The number of amides is 1. The maximum atomic E-state index is 13.1. The van der Waals surface area contributed by atoms with E-state index in [9.17, 15) is 14.4 Å². The Morgan fingerprint density at radius 1 is 1.09 bits per heavy atom. The number of aromatic nitrogens is 2. The summed E-state index contributed by atoms with van der Waals surface area (Å²) in [6, 6.07) is 11.7. The number of hydrazine groups is 1. The predicted octanol–water partition coefficient (Wildman–Crippen LogP) is 1.98. The lowest BCUT2D eigenvalue weighted by molar-refractivity contribution is 0.0957. The van der Waals surface area contributed by atoms with Gasteiger partial charge in [0.1, 0.15) is 0 Å². The molecular formula is C23H22ClN5O3. The van der Waals surface area contributed by atoms with E-state index in [0.29, 0.717) is 28.0 Å². The van der Waals surface area contributed by atoms with Gasteiger partial charge in [-0.15, -0.1) is 0 Å². The third kappa shape index (κ3) is 4.31. The molecule has 0 aliphatic carbocycles. The average molecular weight is 452 g/mol. The second-order valence-electron chi connectivity index (χ2n) is 7.55. The zero-order valence-corrected chi connectivity index (χ0v) is 18.4. The third-order valence-electron chi connectivity index (χ3n) is 5.29. The van der Waals surface area contributed by atoms with Gasteiger partial charge in [0.25, 0.3) is 11.5 Å². The molecule has 2 N–H and O–H groups in total. The second-order valence-corrected chi connectivity index (χ2v) is 7.99. The lowest BCUT2D eigenvalue weighted by atomic mass is 10.1. The lowest BCUT2D eigenvalue weighted by Gasteiger charge is -2.19. The Bertz CT molecular complexity index is 1370. The van der Waals surface area contributed by atoms with Crippen LogP contribution in [0.2, 0.25) is 5.02 Å². The van der Waals surface area contributed by atoms with E-state index < -0.39 is 11.2 Å². The SMILES string of the molecule is CN1C=CC(CNC(=O)c2ccc3c(c2)c(=O)n(Cc2ccc(Cl)cc2)c(=O)n3C)=CN1. The van der Waals surface area contributed by atoms with E-state index in [0.717, 1.165) is 15.7 Å². The van der Waals surface area contributed by atoms with E-state index in [1.54, 1.807) is 54.7 Å². The Balaban J connectivity index is 1.64. The quantitative estimate of drug-likeness (QED) is 0.619. The van der Waals surface area contributed by atoms with Gasteiger partial charge in [-0.05, 0) is 47.5 Å². The van der Waals surface area contributed by atoms with Crippen molar-refractivity contribution in [1.82, 2.24) is 24.9 Å². The van der Waals surface area contributed by atoms with Crippen LogP contribution in [0.4, 0.5) is 0 Å². The second kappa shape index (κ2) is 8.76. The summed E-state index contributed by atoms with van der Waals surface area (Å²) in [5, 5.41) is 5.51. The van der Waals surface area contributed by atoms with Gasteiger partial charge in [0.05, 0.1) is 17.4 Å². The number of rotatable bonds is 5. The molecule has 0 saturated carbocycles. The third-order valence-corrected chi connectivity index (χ3v) is 5.54. The zero-order valence-electron chi connectivity index (χ0n) is 17.6. The van der Waals surface area contributed by atoms with Crippen LogP contribution < -0.4 is 22.0 Å². The molecule has 1 amide bonds. The predicted molar refractivity (Wildman–Crippen MR) is 124 cm³/mol. The molecule has 2 heterocycles. The molecule has 1 aromatic heterocycles. The molecule has 1 aliphatic heterocycles. The minimum atomic E-state index is -0.446. The van der Waals surface area contributed by atoms with Crippen LogP contribution in [0.3, 0.4) is 0 Å². The van der Waals surface area contributed by atoms with E-state index in [4.69, 9.17) is 11.6 Å². The number of carbonyl (C=O) groups is 1. The van der Waals surface area contributed by atoms with Gasteiger partial charge < -0.3 is 10.7 Å². The molecule has 4 rings (SSSR count). The van der Waals surface area contributed by atoms with Crippen molar-refractivity contribution < 1.29 is 4.79 Å². The molecule has 3 aromatic rings. The highest BCUT2D eigenvalue weighted by molar-refractivity contribution is 6.30. The highest BCUT2D eigenvalue weighted by Gasteiger charge is 2.15. The van der Waals surface area contributed by atoms with Crippen molar-refractivity contribution in [2.45, 2.75) is 6.54 Å². The van der Waals surface area contributed by atoms with Crippen molar-refractivity contribution in [3.05, 3.63) is 104 Å². The van der Waals surface area contributed by atoms with Crippen molar-refractivity contribution in [3.63, 3.8) is 0 Å². The van der Waals surface area contributed by atoms with Crippen molar-refractivity contribution in [1.29, 1.82) is 0 Å². The summed E-state index contributed by atoms with van der Waals surface area (Å²) in [6.07, 6.45) is 5.54. The molecule has 0 bridgehead atoms. The normalized spacial score (nSPS) is 13.1. The van der Waals surface area contributed by atoms with Crippen LogP contribution in [0.1, 0.15) is 15.9 Å². The topological polar surface area (TPSA) is 88.4 Å². The van der Waals surface area contributed by atoms with E-state index in [-0.39, 0.29) is 12.5 Å². The Morgan fingerprint density at radius 2 is 1.84 bits per heavy atom. The number of benzene rings is 2. The molecule has 0 spiro atoms. The summed E-state index contributed by atoms with van der Waals surface area (Å²) in [5.74, 6) is -0.308. The summed E-state index contributed by atoms with van der Waals surface area (Å²) >= 11 is 5.92. The number of halogens is 1. The molecule has 9 heteroatoms. The summed E-state index contributed by atoms with van der Waals surface area (Å²) in [7, 11) is 3.47. The van der Waals surface area contributed by atoms with Gasteiger partial charge in [0, 0.05) is 43.6 Å². The molecule has 0 saturated heterocycles. The fourth-order valence-corrected chi connectivity index (χ4v) is 3.57. The van der Waals surface area contributed by atoms with Gasteiger partial charge in [0.15, 0.2) is 0 Å². The molecule has 32 heavy (non-hydrogen) atoms. The summed E-state index contributed by atoms with van der Waals surface area (Å²) in [4.78, 5) is 38.6. The first-order chi connectivity index (χ1) is 15.3. The fraction of sp³-hybridized carbons (Fsp3) is 0.174. The Kier molecular flexibility index (Phi) is 5.87. The van der Waals surface area contributed by atoms with Crippen LogP contribution in [0.25, 0.3) is 10.9 Å². The Hall–Kier alpha value is -3.78. The van der Waals surface area contributed by atoms with Crippen LogP contribution in [0.15, 0.2) is 76.1 Å². The Labute approximate surface area is 189 Å². The van der Waals surface area contributed by atoms with Gasteiger partial charge in [-0.25, -0.2) is 4.79 Å². The number of hydrogen-bond donors (Lipinski definition) is 2. The van der Waals surface area contributed by atoms with Gasteiger partial charge in [-0.3, -0.25) is 23.7 Å². The standard InChI is InChI=1S/C23H22ClN5O3/c1-27-10-9-16(13-26-27)12-25-21(30)17-5-8-20-19(11-17)22(31)29(23(32)28(20)2)14-15-3-6-18(24)7-4-15/h3-11,13,26H,12,14H2,1-2H3,(H,25,30). The maximum absolute atomic E-state index is 13.1. The first kappa shape index (κ1) is 21.5. The number of nitrogens with one attached hydrogen (secondary N) is 2. The van der Waals surface area contributed by atoms with Gasteiger partial charge in [-0.1, -0.05) is 23.7 Å². The highest BCUT2D eigenvalue weighted by Crippen LogP contribution is 2.13. The number of nitrogens with zero attached hydrogens (tertiary/aromatic N) is 3. The number of aryl methyl sites for hydroxylation is 1. The van der Waals surface area contributed by atoms with Crippen LogP contribution in [0, 0.1) is 0 Å². The van der Waals surface area contributed by atoms with Gasteiger partial charge in [0.2, 0.25) is 0 Å². The van der Waals surface area contributed by atoms with Crippen LogP contribution in [-0.2, 0) is 13.6 Å². The van der Waals surface area contributed by atoms with E-state index in [1.807, 2.05) is 19.3 Å². The van der Waals surface area contributed by atoms with E-state index in [2.05, 4.69) is 10.7 Å². The molecular weight excluding hydrogens is 430 g/mol. The average Bonchev–Trinajstić information content (AvgIpc) is 2.80. The number of hydrogen-bond acceptors (Lipinski definition) is 5. The van der Waals surface area contributed by atoms with Crippen molar-refractivity contribution >= 4 is 28.4 Å². The van der Waals surface area contributed by atoms with E-state index in [1.165, 1.54) is 10.6 Å². The van der Waals surface area contributed by atoms with Gasteiger partial charge in [-0.2, -0.15) is 0 Å². The molecule has 0 fully saturated rings. The van der Waals surface area contributed by atoms with Crippen LogP contribution >= 0.6 is 11.6 Å². The zero-order chi connectivity index (χ0) is 22.8. The van der Waals surface area contributed by atoms with Gasteiger partial charge >= 0.3 is 5.69 Å². The molecule has 2 aromatic carbocycles. The fourth-order valence-electron chi connectivity index (χ4n) is 3.45. The molecule has 1 aliphatic rings. The van der Waals surface area contributed by atoms with Crippen LogP contribution in [0.5, 0.6) is 0 Å². The summed E-state index contributed by atoms with van der Waals surface area (Å²) in [6.45, 7) is 0.444. The summed E-state index contributed by atoms with van der Waals surface area (Å²) < 4.78 is 2.57. The number of fused-ring (bicyclic) bond motifs is 1. The monoisotopic (exact) mass is 451 g/mol. The first-order valence-corrected chi connectivity index (χ1v) is 10.3. The van der Waals surface area contributed by atoms with Crippen LogP contribution in [-0.4, -0.2) is 33.6 Å². The van der Waals surface area contributed by atoms with E-state index >= 15 is 0 Å². The van der Waals surface area contributed by atoms with Crippen molar-refractivity contribution in [2.24, 2.45) is 7.05 Å². The minimum absolute atomic E-state index is 0.108. The maximum Gasteiger partial charge on any atom is 0.331 e. The van der Waals surface area contributed by atoms with Crippen molar-refractivity contribution in [2.75, 3.05) is 13.6 Å². The largest absolute Gasteiger partial charge is 0.348 e.